The first-order valence-corrected chi connectivity index (χ1v) is 6.62. The number of carbonyl (C=O) groups excluding carboxylic acids is 1. The van der Waals surface area contributed by atoms with Crippen molar-refractivity contribution in [3.63, 3.8) is 0 Å². The molecule has 2 heteroatoms. The minimum Gasteiger partial charge on any atom is -0.497 e. The van der Waals surface area contributed by atoms with Crippen LogP contribution in [0.1, 0.15) is 18.1 Å². The Morgan fingerprint density at radius 2 is 1.71 bits per heavy atom. The number of rotatable bonds is 3. The van der Waals surface area contributed by atoms with E-state index in [-0.39, 0.29) is 0 Å². The zero-order valence-corrected chi connectivity index (χ0v) is 12.1. The van der Waals surface area contributed by atoms with E-state index in [9.17, 15) is 4.79 Å². The highest BCUT2D eigenvalue weighted by molar-refractivity contribution is 5.94. The highest BCUT2D eigenvalue weighted by Crippen LogP contribution is 2.20. The molecule has 21 heavy (non-hydrogen) atoms. The number of methoxy groups -OCH3 is 1. The highest BCUT2D eigenvalue weighted by atomic mass is 16.5. The summed E-state index contributed by atoms with van der Waals surface area (Å²) in [5, 5.41) is 0. The summed E-state index contributed by atoms with van der Waals surface area (Å²) in [5.41, 5.74) is 3.17. The van der Waals surface area contributed by atoms with Crippen molar-refractivity contribution in [2.24, 2.45) is 0 Å². The third-order valence-corrected chi connectivity index (χ3v) is 3.06. The molecular formula is C19H16O2. The largest absolute Gasteiger partial charge is 0.497 e. The van der Waals surface area contributed by atoms with Gasteiger partial charge in [-0.2, -0.15) is 0 Å². The second-order valence-corrected chi connectivity index (χ2v) is 4.52. The summed E-state index contributed by atoms with van der Waals surface area (Å²) in [6.45, 7) is 1.77. The van der Waals surface area contributed by atoms with Crippen LogP contribution < -0.4 is 4.74 Å². The smallest absolute Gasteiger partial charge is 0.147 e. The maximum absolute atomic E-state index is 11.1. The molecule has 0 aliphatic rings. The van der Waals surface area contributed by atoms with Gasteiger partial charge in [-0.05, 0) is 36.8 Å². The average Bonchev–Trinajstić information content (AvgIpc) is 2.56. The quantitative estimate of drug-likeness (QED) is 0.485. The molecule has 0 N–H and O–H groups in total. The number of ether oxygens (including phenoxy) is 1. The molecule has 0 unspecified atom stereocenters. The summed E-state index contributed by atoms with van der Waals surface area (Å²) in [7, 11) is 1.62. The van der Waals surface area contributed by atoms with Gasteiger partial charge in [0.15, 0.2) is 0 Å². The lowest BCUT2D eigenvalue weighted by atomic mass is 10.0. The monoisotopic (exact) mass is 276 g/mol. The van der Waals surface area contributed by atoms with Crippen molar-refractivity contribution in [2.75, 3.05) is 7.11 Å². The molecule has 0 aromatic heterocycles. The fraction of sp³-hybridized carbons (Fsp3) is 0.105. The Kier molecular flexibility index (Phi) is 4.95. The van der Waals surface area contributed by atoms with Crippen LogP contribution in [0, 0.1) is 11.8 Å². The van der Waals surface area contributed by atoms with E-state index < -0.39 is 0 Å². The normalized spacial score (nSPS) is 11.0. The lowest BCUT2D eigenvalue weighted by Crippen LogP contribution is -1.90. The van der Waals surface area contributed by atoms with Gasteiger partial charge in [-0.25, -0.2) is 0 Å². The molecular weight excluding hydrogens is 260 g/mol. The predicted octanol–water partition coefficient (Wildman–Crippen LogP) is 3.72. The van der Waals surface area contributed by atoms with E-state index in [1.54, 1.807) is 14.0 Å². The van der Waals surface area contributed by atoms with E-state index in [0.29, 0.717) is 5.57 Å². The Morgan fingerprint density at radius 3 is 2.29 bits per heavy atom. The first kappa shape index (κ1) is 14.6. The molecule has 2 aromatic carbocycles. The van der Waals surface area contributed by atoms with Crippen molar-refractivity contribution in [1.29, 1.82) is 0 Å². The summed E-state index contributed by atoms with van der Waals surface area (Å²) >= 11 is 0. The Balaban J connectivity index is 2.41. The second-order valence-electron chi connectivity index (χ2n) is 4.52. The van der Waals surface area contributed by atoms with Gasteiger partial charge in [0, 0.05) is 16.7 Å². The molecule has 0 aliphatic carbocycles. The molecule has 0 amide bonds. The molecule has 104 valence electrons. The van der Waals surface area contributed by atoms with Crippen LogP contribution in [0.15, 0.2) is 60.2 Å². The van der Waals surface area contributed by atoms with Gasteiger partial charge in [-0.1, -0.05) is 42.2 Å². The van der Waals surface area contributed by atoms with Crippen LogP contribution in [0.25, 0.3) is 5.57 Å². The number of benzene rings is 2. The fourth-order valence-corrected chi connectivity index (χ4v) is 1.87. The van der Waals surface area contributed by atoms with Crippen molar-refractivity contribution < 1.29 is 9.53 Å². The molecule has 0 radical (unpaired) electrons. The molecule has 0 fully saturated rings. The van der Waals surface area contributed by atoms with E-state index in [4.69, 9.17) is 4.74 Å². The molecule has 0 spiro atoms. The number of aldehydes is 1. The third-order valence-electron chi connectivity index (χ3n) is 3.06. The van der Waals surface area contributed by atoms with Crippen LogP contribution >= 0.6 is 0 Å². The second kappa shape index (κ2) is 7.12. The van der Waals surface area contributed by atoms with Crippen LogP contribution in [0.2, 0.25) is 0 Å². The molecule has 0 saturated carbocycles. The molecule has 2 rings (SSSR count). The minimum absolute atomic E-state index is 0.614. The van der Waals surface area contributed by atoms with Crippen LogP contribution in [-0.2, 0) is 4.79 Å². The van der Waals surface area contributed by atoms with Crippen molar-refractivity contribution in [3.05, 3.63) is 71.3 Å². The lowest BCUT2D eigenvalue weighted by molar-refractivity contribution is -0.104. The Hall–Kier alpha value is -2.79. The molecule has 0 saturated heterocycles. The number of allylic oxidation sites excluding steroid dienone is 2. The Morgan fingerprint density at radius 1 is 1.05 bits per heavy atom. The van der Waals surface area contributed by atoms with E-state index in [2.05, 4.69) is 11.8 Å². The van der Waals surface area contributed by atoms with Crippen molar-refractivity contribution >= 4 is 11.9 Å². The maximum atomic E-state index is 11.1. The van der Waals surface area contributed by atoms with Gasteiger partial charge >= 0.3 is 0 Å². The average molecular weight is 276 g/mol. The molecule has 2 nitrogen and oxygen atoms in total. The number of carbonyl (C=O) groups is 1. The van der Waals surface area contributed by atoms with Gasteiger partial charge in [0.1, 0.15) is 12.0 Å². The molecule has 0 atom stereocenters. The van der Waals surface area contributed by atoms with Gasteiger partial charge in [0.25, 0.3) is 0 Å². The first-order chi connectivity index (χ1) is 10.2. The van der Waals surface area contributed by atoms with Gasteiger partial charge in [0.2, 0.25) is 0 Å². The van der Waals surface area contributed by atoms with Gasteiger partial charge in [0.05, 0.1) is 7.11 Å². The van der Waals surface area contributed by atoms with Crippen molar-refractivity contribution in [2.45, 2.75) is 6.92 Å². The van der Waals surface area contributed by atoms with Crippen molar-refractivity contribution in [1.82, 2.24) is 0 Å². The topological polar surface area (TPSA) is 26.3 Å². The fourth-order valence-electron chi connectivity index (χ4n) is 1.87. The standard InChI is InChI=1S/C19H16O2/c1-15(14-20)19(13-8-16-6-4-3-5-7-16)17-9-11-18(21-2)12-10-17/h3-7,9-12,14H,1-2H3/b19-15-. The summed E-state index contributed by atoms with van der Waals surface area (Å²) in [5.74, 6) is 6.96. The number of hydrogen-bond donors (Lipinski definition) is 0. The molecule has 0 heterocycles. The van der Waals surface area contributed by atoms with Crippen LogP contribution in [-0.4, -0.2) is 13.4 Å². The summed E-state index contributed by atoms with van der Waals surface area (Å²) in [6.07, 6.45) is 0.833. The zero-order chi connectivity index (χ0) is 15.1. The van der Waals surface area contributed by atoms with E-state index in [0.717, 1.165) is 28.7 Å². The molecule has 2 aromatic rings. The SMILES string of the molecule is COc1ccc(/C(C#Cc2ccccc2)=C(/C)C=O)cc1. The van der Waals surface area contributed by atoms with E-state index in [1.807, 2.05) is 54.6 Å². The lowest BCUT2D eigenvalue weighted by Gasteiger charge is -2.04. The Labute approximate surface area is 125 Å². The first-order valence-electron chi connectivity index (χ1n) is 6.62. The zero-order valence-electron chi connectivity index (χ0n) is 12.1. The summed E-state index contributed by atoms with van der Waals surface area (Å²) in [4.78, 5) is 11.1. The van der Waals surface area contributed by atoms with Gasteiger partial charge in [-0.3, -0.25) is 4.79 Å². The summed E-state index contributed by atoms with van der Waals surface area (Å²) in [6, 6.07) is 17.2. The summed E-state index contributed by atoms with van der Waals surface area (Å²) < 4.78 is 5.14. The minimum atomic E-state index is 0.614. The van der Waals surface area contributed by atoms with E-state index >= 15 is 0 Å². The van der Waals surface area contributed by atoms with Gasteiger partial charge < -0.3 is 4.74 Å². The van der Waals surface area contributed by atoms with E-state index in [1.165, 1.54) is 0 Å². The third kappa shape index (κ3) is 3.84. The van der Waals surface area contributed by atoms with Crippen LogP contribution in [0.3, 0.4) is 0 Å². The van der Waals surface area contributed by atoms with Gasteiger partial charge in [-0.15, -0.1) is 0 Å². The molecule has 0 bridgehead atoms. The van der Waals surface area contributed by atoms with Crippen LogP contribution in [0.5, 0.6) is 5.75 Å². The predicted molar refractivity (Wildman–Crippen MR) is 85.0 cm³/mol. The van der Waals surface area contributed by atoms with Crippen LogP contribution in [0.4, 0.5) is 0 Å². The number of hydrogen-bond acceptors (Lipinski definition) is 2. The maximum Gasteiger partial charge on any atom is 0.147 e. The van der Waals surface area contributed by atoms with Crippen molar-refractivity contribution in [3.8, 4) is 17.6 Å². The molecule has 0 aliphatic heterocycles. The highest BCUT2D eigenvalue weighted by Gasteiger charge is 2.03. The Bertz CT molecular complexity index is 699.